The maximum Gasteiger partial charge on any atom is 0.294 e. The molecule has 0 bridgehead atoms. The molecule has 0 saturated carbocycles. The lowest BCUT2D eigenvalue weighted by Crippen LogP contribution is -2.12. The zero-order valence-electron chi connectivity index (χ0n) is 7.18. The van der Waals surface area contributed by atoms with Crippen LogP contribution in [0.2, 0.25) is 0 Å². The molecule has 4 heteroatoms. The van der Waals surface area contributed by atoms with Crippen LogP contribution < -0.4 is 5.56 Å². The highest BCUT2D eigenvalue weighted by Gasteiger charge is 2.05. The number of hydrogen-bond donors (Lipinski definition) is 0. The summed E-state index contributed by atoms with van der Waals surface area (Å²) in [6.07, 6.45) is 1.45. The molecule has 68 valence electrons. The first kappa shape index (κ1) is 7.32. The molecule has 0 fully saturated rings. The van der Waals surface area contributed by atoms with Gasteiger partial charge in [0.2, 0.25) is 0 Å². The van der Waals surface area contributed by atoms with Crippen molar-refractivity contribution < 1.29 is 4.52 Å². The largest absolute Gasteiger partial charge is 0.378 e. The molecule has 0 spiro atoms. The lowest BCUT2D eigenvalue weighted by molar-refractivity contribution is 0.366. The van der Waals surface area contributed by atoms with Gasteiger partial charge in [0, 0.05) is 6.07 Å². The SMILES string of the molecule is O=c1c2ccccc2nc2ccon12. The van der Waals surface area contributed by atoms with Crippen molar-refractivity contribution in [2.45, 2.75) is 0 Å². The highest BCUT2D eigenvalue weighted by Crippen LogP contribution is 2.08. The predicted octanol–water partition coefficient (Wildman–Crippen LogP) is 1.44. The van der Waals surface area contributed by atoms with Gasteiger partial charge in [0.15, 0.2) is 5.65 Å². The van der Waals surface area contributed by atoms with Crippen LogP contribution in [0.4, 0.5) is 0 Å². The Bertz CT molecular complexity index is 666. The molecule has 0 unspecified atom stereocenters. The smallest absolute Gasteiger partial charge is 0.294 e. The van der Waals surface area contributed by atoms with E-state index in [1.165, 1.54) is 10.8 Å². The van der Waals surface area contributed by atoms with Crippen molar-refractivity contribution >= 4 is 16.6 Å². The molecule has 4 nitrogen and oxygen atoms in total. The van der Waals surface area contributed by atoms with Gasteiger partial charge >= 0.3 is 0 Å². The summed E-state index contributed by atoms with van der Waals surface area (Å²) in [5.74, 6) is 0. The van der Waals surface area contributed by atoms with Crippen LogP contribution in [0.5, 0.6) is 0 Å². The molecule has 3 aromatic rings. The fourth-order valence-electron chi connectivity index (χ4n) is 1.49. The molecule has 0 saturated heterocycles. The van der Waals surface area contributed by atoms with E-state index in [4.69, 9.17) is 4.52 Å². The molecule has 0 aliphatic carbocycles. The summed E-state index contributed by atoms with van der Waals surface area (Å²) in [4.78, 5) is 16.0. The van der Waals surface area contributed by atoms with Gasteiger partial charge in [0.05, 0.1) is 10.9 Å². The summed E-state index contributed by atoms with van der Waals surface area (Å²) in [5.41, 5.74) is 1.06. The van der Waals surface area contributed by atoms with Gasteiger partial charge in [-0.1, -0.05) is 12.1 Å². The average Bonchev–Trinajstić information content (AvgIpc) is 2.66. The zero-order chi connectivity index (χ0) is 9.54. The Morgan fingerprint density at radius 2 is 2.07 bits per heavy atom. The van der Waals surface area contributed by atoms with Crippen molar-refractivity contribution in [3.8, 4) is 0 Å². The second kappa shape index (κ2) is 2.45. The molecule has 0 aliphatic rings. The summed E-state index contributed by atoms with van der Waals surface area (Å²) in [6, 6.07) is 8.86. The van der Waals surface area contributed by atoms with Crippen molar-refractivity contribution in [3.63, 3.8) is 0 Å². The molecule has 2 heterocycles. The highest BCUT2D eigenvalue weighted by atomic mass is 16.5. The van der Waals surface area contributed by atoms with Crippen molar-refractivity contribution in [1.29, 1.82) is 0 Å². The Balaban J connectivity index is 2.70. The number of nitrogens with zero attached hydrogens (tertiary/aromatic N) is 2. The van der Waals surface area contributed by atoms with Gasteiger partial charge in [-0.15, -0.1) is 4.57 Å². The molecule has 1 aromatic carbocycles. The van der Waals surface area contributed by atoms with Crippen molar-refractivity contribution in [1.82, 2.24) is 9.56 Å². The van der Waals surface area contributed by atoms with Gasteiger partial charge in [-0.3, -0.25) is 4.79 Å². The molecular weight excluding hydrogens is 180 g/mol. The average molecular weight is 186 g/mol. The van der Waals surface area contributed by atoms with E-state index in [9.17, 15) is 4.79 Å². The normalized spacial score (nSPS) is 11.1. The highest BCUT2D eigenvalue weighted by molar-refractivity contribution is 5.79. The van der Waals surface area contributed by atoms with E-state index in [2.05, 4.69) is 4.98 Å². The second-order valence-corrected chi connectivity index (χ2v) is 2.99. The van der Waals surface area contributed by atoms with Crippen LogP contribution in [-0.4, -0.2) is 9.56 Å². The van der Waals surface area contributed by atoms with Crippen LogP contribution in [0.3, 0.4) is 0 Å². The molecular formula is C10H6N2O2. The minimum absolute atomic E-state index is 0.171. The van der Waals surface area contributed by atoms with Crippen molar-refractivity contribution in [2.75, 3.05) is 0 Å². The Kier molecular flexibility index (Phi) is 1.28. The van der Waals surface area contributed by atoms with Crippen LogP contribution in [0, 0.1) is 0 Å². The van der Waals surface area contributed by atoms with Crippen LogP contribution >= 0.6 is 0 Å². The van der Waals surface area contributed by atoms with E-state index in [0.29, 0.717) is 16.6 Å². The summed E-state index contributed by atoms with van der Waals surface area (Å²) < 4.78 is 6.18. The van der Waals surface area contributed by atoms with E-state index in [0.717, 1.165) is 0 Å². The van der Waals surface area contributed by atoms with E-state index in [-0.39, 0.29) is 5.56 Å². The number of hydrogen-bond acceptors (Lipinski definition) is 3. The molecule has 0 radical (unpaired) electrons. The topological polar surface area (TPSA) is 47.5 Å². The third-order valence-electron chi connectivity index (χ3n) is 2.15. The number of fused-ring (bicyclic) bond motifs is 2. The van der Waals surface area contributed by atoms with Crippen LogP contribution in [-0.2, 0) is 0 Å². The third kappa shape index (κ3) is 0.821. The van der Waals surface area contributed by atoms with Crippen LogP contribution in [0.15, 0.2) is 45.9 Å². The second-order valence-electron chi connectivity index (χ2n) is 2.99. The van der Waals surface area contributed by atoms with E-state index >= 15 is 0 Å². The Hall–Kier alpha value is -2.10. The van der Waals surface area contributed by atoms with Crippen molar-refractivity contribution in [2.24, 2.45) is 0 Å². The van der Waals surface area contributed by atoms with Crippen LogP contribution in [0.1, 0.15) is 0 Å². The fraction of sp³-hybridized carbons (Fsp3) is 0. The maximum absolute atomic E-state index is 11.8. The molecule has 14 heavy (non-hydrogen) atoms. The Labute approximate surface area is 78.4 Å². The van der Waals surface area contributed by atoms with Gasteiger partial charge < -0.3 is 4.52 Å². The minimum atomic E-state index is -0.171. The number of aromatic nitrogens is 2. The maximum atomic E-state index is 11.8. The quantitative estimate of drug-likeness (QED) is 0.533. The number of para-hydroxylation sites is 1. The Morgan fingerprint density at radius 1 is 1.21 bits per heavy atom. The lowest BCUT2D eigenvalue weighted by atomic mass is 10.2. The Morgan fingerprint density at radius 3 is 3.00 bits per heavy atom. The zero-order valence-corrected chi connectivity index (χ0v) is 7.18. The van der Waals surface area contributed by atoms with E-state index < -0.39 is 0 Å². The summed E-state index contributed by atoms with van der Waals surface area (Å²) in [7, 11) is 0. The standard InChI is InChI=1S/C10H6N2O2/c13-10-7-3-1-2-4-8(7)11-9-5-6-14-12(9)10/h1-6H. The number of rotatable bonds is 0. The molecule has 2 aromatic heterocycles. The third-order valence-corrected chi connectivity index (χ3v) is 2.15. The summed E-state index contributed by atoms with van der Waals surface area (Å²) in [6.45, 7) is 0. The van der Waals surface area contributed by atoms with Crippen molar-refractivity contribution in [3.05, 3.63) is 46.9 Å². The first-order valence-electron chi connectivity index (χ1n) is 4.22. The fourth-order valence-corrected chi connectivity index (χ4v) is 1.49. The molecule has 0 aliphatic heterocycles. The van der Waals surface area contributed by atoms with E-state index in [1.807, 2.05) is 12.1 Å². The van der Waals surface area contributed by atoms with E-state index in [1.54, 1.807) is 18.2 Å². The first-order valence-corrected chi connectivity index (χ1v) is 4.22. The summed E-state index contributed by atoms with van der Waals surface area (Å²) >= 11 is 0. The monoisotopic (exact) mass is 186 g/mol. The van der Waals surface area contributed by atoms with Gasteiger partial charge in [-0.05, 0) is 12.1 Å². The first-order chi connectivity index (χ1) is 6.86. The van der Waals surface area contributed by atoms with Gasteiger partial charge in [-0.2, -0.15) is 0 Å². The summed E-state index contributed by atoms with van der Waals surface area (Å²) in [5, 5.41) is 0.569. The minimum Gasteiger partial charge on any atom is -0.378 e. The number of benzene rings is 1. The molecule has 0 atom stereocenters. The molecule has 0 amide bonds. The van der Waals surface area contributed by atoms with Crippen LogP contribution in [0.25, 0.3) is 16.6 Å². The van der Waals surface area contributed by atoms with Gasteiger partial charge in [-0.25, -0.2) is 4.98 Å². The molecule has 3 rings (SSSR count). The van der Waals surface area contributed by atoms with Gasteiger partial charge in [0.25, 0.3) is 5.56 Å². The molecule has 0 N–H and O–H groups in total. The van der Waals surface area contributed by atoms with Gasteiger partial charge in [0.1, 0.15) is 6.26 Å². The lowest BCUT2D eigenvalue weighted by Gasteiger charge is -1.95. The predicted molar refractivity (Wildman–Crippen MR) is 51.2 cm³/mol.